The lowest BCUT2D eigenvalue weighted by Gasteiger charge is -2.09. The van der Waals surface area contributed by atoms with Crippen molar-refractivity contribution in [3.8, 4) is 0 Å². The Bertz CT molecular complexity index is 523. The molecule has 0 spiro atoms. The van der Waals surface area contributed by atoms with Crippen molar-refractivity contribution in [2.45, 2.75) is 27.7 Å². The molecule has 0 saturated carbocycles. The first-order valence-corrected chi connectivity index (χ1v) is 6.49. The Balaban J connectivity index is 2.99. The Kier molecular flexibility index (Phi) is 4.79. The number of aliphatic carboxylic acids is 1. The third-order valence-corrected chi connectivity index (χ3v) is 3.97. The second-order valence-electron chi connectivity index (χ2n) is 4.46. The van der Waals surface area contributed by atoms with Gasteiger partial charge in [0.15, 0.2) is 0 Å². The lowest BCUT2D eigenvalue weighted by Crippen LogP contribution is -1.99. The quantitative estimate of drug-likeness (QED) is 0.818. The summed E-state index contributed by atoms with van der Waals surface area (Å²) in [6.45, 7) is 11.6. The molecule has 0 aromatic heterocycles. The zero-order valence-electron chi connectivity index (χ0n) is 11.2. The van der Waals surface area contributed by atoms with Crippen LogP contribution in [0.5, 0.6) is 0 Å². The van der Waals surface area contributed by atoms with Gasteiger partial charge >= 0.3 is 5.97 Å². The predicted molar refractivity (Wildman–Crippen MR) is 78.6 cm³/mol. The average Bonchev–Trinajstić information content (AvgIpc) is 2.28. The number of rotatable bonds is 4. The van der Waals surface area contributed by atoms with Crippen molar-refractivity contribution < 1.29 is 9.90 Å². The number of thioether (sulfide) groups is 1. The number of hydrogen-bond acceptors (Lipinski definition) is 2. The zero-order chi connectivity index (χ0) is 13.9. The van der Waals surface area contributed by atoms with Crippen molar-refractivity contribution in [1.29, 1.82) is 0 Å². The summed E-state index contributed by atoms with van der Waals surface area (Å²) >= 11 is 1.21. The summed E-state index contributed by atoms with van der Waals surface area (Å²) in [5, 5.41) is 9.12. The summed E-state index contributed by atoms with van der Waals surface area (Å²) in [5.74, 6) is -0.898. The molecule has 0 unspecified atom stereocenters. The largest absolute Gasteiger partial charge is 0.477 e. The van der Waals surface area contributed by atoms with Crippen LogP contribution in [-0.2, 0) is 4.79 Å². The van der Waals surface area contributed by atoms with E-state index < -0.39 is 5.97 Å². The molecule has 1 aromatic carbocycles. The van der Waals surface area contributed by atoms with Crippen molar-refractivity contribution in [1.82, 2.24) is 0 Å². The molecular formula is C15H18O2S. The minimum absolute atomic E-state index is 0.346. The van der Waals surface area contributed by atoms with Gasteiger partial charge < -0.3 is 5.11 Å². The molecule has 0 radical (unpaired) electrons. The van der Waals surface area contributed by atoms with Crippen LogP contribution in [0.2, 0.25) is 0 Å². The van der Waals surface area contributed by atoms with Gasteiger partial charge in [0.25, 0.3) is 0 Å². The molecule has 3 heteroatoms. The summed E-state index contributed by atoms with van der Waals surface area (Å²) in [6.07, 6.45) is 0. The standard InChI is InChI=1S/C15H18O2S/c1-9(2)14(15(16)17)18-12(5)13-7-6-10(3)11(4)8-13/h6-8H,5H2,1-4H3,(H,16,17). The summed E-state index contributed by atoms with van der Waals surface area (Å²) in [4.78, 5) is 12.2. The van der Waals surface area contributed by atoms with Crippen LogP contribution in [0.25, 0.3) is 4.91 Å². The molecule has 0 fully saturated rings. The second-order valence-corrected chi connectivity index (χ2v) is 5.56. The van der Waals surface area contributed by atoms with Crippen LogP contribution in [-0.4, -0.2) is 11.1 Å². The molecule has 0 aliphatic carbocycles. The van der Waals surface area contributed by atoms with Gasteiger partial charge in [-0.2, -0.15) is 0 Å². The Labute approximate surface area is 112 Å². The number of aryl methyl sites for hydroxylation is 2. The van der Waals surface area contributed by atoms with E-state index in [1.54, 1.807) is 13.8 Å². The zero-order valence-corrected chi connectivity index (χ0v) is 12.0. The van der Waals surface area contributed by atoms with Crippen molar-refractivity contribution in [2.24, 2.45) is 0 Å². The molecule has 0 aliphatic heterocycles. The molecule has 1 N–H and O–H groups in total. The molecule has 96 valence electrons. The van der Waals surface area contributed by atoms with Crippen LogP contribution in [0.4, 0.5) is 0 Å². The van der Waals surface area contributed by atoms with Gasteiger partial charge in [0.1, 0.15) is 0 Å². The van der Waals surface area contributed by atoms with E-state index in [1.807, 2.05) is 32.0 Å². The van der Waals surface area contributed by atoms with Crippen LogP contribution < -0.4 is 0 Å². The van der Waals surface area contributed by atoms with Gasteiger partial charge in [-0.05, 0) is 44.4 Å². The molecule has 0 atom stereocenters. The van der Waals surface area contributed by atoms with Crippen LogP contribution >= 0.6 is 11.8 Å². The highest BCUT2D eigenvalue weighted by Gasteiger charge is 2.13. The fraction of sp³-hybridized carbons (Fsp3) is 0.267. The molecule has 0 bridgehead atoms. The minimum atomic E-state index is -0.898. The lowest BCUT2D eigenvalue weighted by molar-refractivity contribution is -0.131. The summed E-state index contributed by atoms with van der Waals surface area (Å²) < 4.78 is 0. The molecular weight excluding hydrogens is 244 g/mol. The number of allylic oxidation sites excluding steroid dienone is 1. The number of carboxylic acid groups (broad SMARTS) is 1. The monoisotopic (exact) mass is 262 g/mol. The topological polar surface area (TPSA) is 37.3 Å². The van der Waals surface area contributed by atoms with E-state index in [0.29, 0.717) is 4.91 Å². The fourth-order valence-corrected chi connectivity index (χ4v) is 2.24. The number of hydrogen-bond donors (Lipinski definition) is 1. The molecule has 0 aliphatic rings. The van der Waals surface area contributed by atoms with Gasteiger partial charge in [0.2, 0.25) is 0 Å². The Morgan fingerprint density at radius 3 is 2.28 bits per heavy atom. The molecule has 0 amide bonds. The summed E-state index contributed by atoms with van der Waals surface area (Å²) in [5.41, 5.74) is 4.17. The highest BCUT2D eigenvalue weighted by atomic mass is 32.2. The predicted octanol–water partition coefficient (Wildman–Crippen LogP) is 4.39. The first kappa shape index (κ1) is 14.6. The number of carboxylic acids is 1. The first-order chi connectivity index (χ1) is 8.32. The third kappa shape index (κ3) is 3.50. The van der Waals surface area contributed by atoms with Crippen LogP contribution in [0.15, 0.2) is 35.3 Å². The van der Waals surface area contributed by atoms with E-state index in [0.717, 1.165) is 16.0 Å². The van der Waals surface area contributed by atoms with E-state index in [-0.39, 0.29) is 0 Å². The summed E-state index contributed by atoms with van der Waals surface area (Å²) in [6, 6.07) is 6.04. The fourth-order valence-electron chi connectivity index (χ4n) is 1.46. The maximum atomic E-state index is 11.1. The van der Waals surface area contributed by atoms with E-state index in [4.69, 9.17) is 5.11 Å². The second kappa shape index (κ2) is 5.91. The van der Waals surface area contributed by atoms with Gasteiger partial charge in [0.05, 0.1) is 4.91 Å². The third-order valence-electron chi connectivity index (χ3n) is 2.70. The van der Waals surface area contributed by atoms with Gasteiger partial charge in [-0.25, -0.2) is 4.79 Å². The van der Waals surface area contributed by atoms with E-state index in [1.165, 1.54) is 22.9 Å². The van der Waals surface area contributed by atoms with Gasteiger partial charge in [-0.15, -0.1) is 0 Å². The SMILES string of the molecule is C=C(SC(C(=O)O)=C(C)C)c1ccc(C)c(C)c1. The van der Waals surface area contributed by atoms with Crippen LogP contribution in [0.3, 0.4) is 0 Å². The van der Waals surface area contributed by atoms with Crippen LogP contribution in [0.1, 0.15) is 30.5 Å². The minimum Gasteiger partial charge on any atom is -0.477 e. The normalized spacial score (nSPS) is 10.0. The first-order valence-electron chi connectivity index (χ1n) is 5.68. The molecule has 0 heterocycles. The molecule has 18 heavy (non-hydrogen) atoms. The smallest absolute Gasteiger partial charge is 0.342 e. The number of benzene rings is 1. The Hall–Kier alpha value is -1.48. The Morgan fingerprint density at radius 2 is 1.83 bits per heavy atom. The van der Waals surface area contributed by atoms with Crippen molar-refractivity contribution in [2.75, 3.05) is 0 Å². The Morgan fingerprint density at radius 1 is 1.22 bits per heavy atom. The molecule has 2 nitrogen and oxygen atoms in total. The molecule has 0 saturated heterocycles. The molecule has 1 aromatic rings. The van der Waals surface area contributed by atoms with E-state index >= 15 is 0 Å². The van der Waals surface area contributed by atoms with Crippen molar-refractivity contribution >= 4 is 22.6 Å². The van der Waals surface area contributed by atoms with Crippen molar-refractivity contribution in [3.05, 3.63) is 51.9 Å². The summed E-state index contributed by atoms with van der Waals surface area (Å²) in [7, 11) is 0. The van der Waals surface area contributed by atoms with Crippen LogP contribution in [0, 0.1) is 13.8 Å². The van der Waals surface area contributed by atoms with Gasteiger partial charge in [-0.3, -0.25) is 0 Å². The average molecular weight is 262 g/mol. The highest BCUT2D eigenvalue weighted by molar-refractivity contribution is 8.12. The maximum absolute atomic E-state index is 11.1. The van der Waals surface area contributed by atoms with E-state index in [2.05, 4.69) is 6.58 Å². The van der Waals surface area contributed by atoms with Gasteiger partial charge in [0, 0.05) is 4.91 Å². The molecule has 1 rings (SSSR count). The lowest BCUT2D eigenvalue weighted by atomic mass is 10.1. The van der Waals surface area contributed by atoms with Crippen molar-refractivity contribution in [3.63, 3.8) is 0 Å². The number of carbonyl (C=O) groups is 1. The maximum Gasteiger partial charge on any atom is 0.342 e. The van der Waals surface area contributed by atoms with Gasteiger partial charge in [-0.1, -0.05) is 42.1 Å². The van der Waals surface area contributed by atoms with E-state index in [9.17, 15) is 4.79 Å². The highest BCUT2D eigenvalue weighted by Crippen LogP contribution is 2.34.